The van der Waals surface area contributed by atoms with Crippen molar-refractivity contribution < 1.29 is 4.42 Å². The van der Waals surface area contributed by atoms with E-state index in [0.717, 1.165) is 66.9 Å². The molecule has 0 aliphatic rings. The highest BCUT2D eigenvalue weighted by atomic mass is 16.3. The second kappa shape index (κ2) is 14.3. The normalized spacial score (nSPS) is 11.6. The minimum absolute atomic E-state index is 0.890. The number of anilines is 3. The third kappa shape index (κ3) is 5.74. The van der Waals surface area contributed by atoms with Crippen LogP contribution in [0.25, 0.3) is 93.6 Å². The number of hydrogen-bond donors (Lipinski definition) is 0. The number of benzene rings is 10. The topological polar surface area (TPSA) is 21.3 Å². The molecule has 12 rings (SSSR count). The molecular weight excluding hydrogens is 741 g/mol. The number of nitrogens with zero attached hydrogens (tertiary/aromatic N) is 2. The molecule has 12 aromatic rings. The van der Waals surface area contributed by atoms with Crippen LogP contribution in [-0.4, -0.2) is 4.57 Å². The molecule has 3 nitrogen and oxygen atoms in total. The monoisotopic (exact) mass is 778 g/mol. The van der Waals surface area contributed by atoms with Crippen LogP contribution in [0.3, 0.4) is 0 Å². The number of fused-ring (bicyclic) bond motifs is 7. The van der Waals surface area contributed by atoms with E-state index in [9.17, 15) is 0 Å². The zero-order valence-electron chi connectivity index (χ0n) is 33.2. The van der Waals surface area contributed by atoms with Gasteiger partial charge in [-0.2, -0.15) is 0 Å². The average Bonchev–Trinajstić information content (AvgIpc) is 3.88. The number of rotatable bonds is 7. The number of hydrogen-bond acceptors (Lipinski definition) is 2. The molecule has 10 aromatic carbocycles. The lowest BCUT2D eigenvalue weighted by Gasteiger charge is -2.29. The Kier molecular flexibility index (Phi) is 8.17. The lowest BCUT2D eigenvalue weighted by molar-refractivity contribution is 0.670. The Morgan fingerprint density at radius 3 is 1.72 bits per heavy atom. The second-order valence-corrected chi connectivity index (χ2v) is 15.6. The van der Waals surface area contributed by atoms with E-state index in [1.807, 2.05) is 6.07 Å². The maximum atomic E-state index is 6.63. The van der Waals surface area contributed by atoms with E-state index in [1.165, 1.54) is 43.7 Å². The Balaban J connectivity index is 1.06. The van der Waals surface area contributed by atoms with Crippen LogP contribution in [-0.2, 0) is 0 Å². The Morgan fingerprint density at radius 1 is 0.344 bits per heavy atom. The van der Waals surface area contributed by atoms with Crippen molar-refractivity contribution in [1.82, 2.24) is 4.57 Å². The van der Waals surface area contributed by atoms with Crippen molar-refractivity contribution in [1.29, 1.82) is 0 Å². The molecule has 0 unspecified atom stereocenters. The summed E-state index contributed by atoms with van der Waals surface area (Å²) in [6, 6.07) is 82.9. The van der Waals surface area contributed by atoms with Gasteiger partial charge in [0.25, 0.3) is 0 Å². The fraction of sp³-hybridized carbons (Fsp3) is 0. The zero-order valence-corrected chi connectivity index (χ0v) is 33.2. The van der Waals surface area contributed by atoms with Gasteiger partial charge in [-0.1, -0.05) is 182 Å². The molecule has 0 saturated carbocycles. The summed E-state index contributed by atoms with van der Waals surface area (Å²) >= 11 is 0. The fourth-order valence-electron chi connectivity index (χ4n) is 9.41. The molecule has 0 aliphatic heterocycles. The minimum atomic E-state index is 0.890. The molecule has 0 N–H and O–H groups in total. The maximum absolute atomic E-state index is 6.63. The first-order valence-corrected chi connectivity index (χ1v) is 20.8. The molecule has 0 bridgehead atoms. The van der Waals surface area contributed by atoms with E-state index < -0.39 is 0 Å². The van der Waals surface area contributed by atoms with E-state index >= 15 is 0 Å². The summed E-state index contributed by atoms with van der Waals surface area (Å²) in [4.78, 5) is 2.41. The van der Waals surface area contributed by atoms with Crippen molar-refractivity contribution in [2.24, 2.45) is 0 Å². The summed E-state index contributed by atoms with van der Waals surface area (Å²) in [6.07, 6.45) is 0. The third-order valence-electron chi connectivity index (χ3n) is 12.2. The molecule has 61 heavy (non-hydrogen) atoms. The number of para-hydroxylation sites is 5. The van der Waals surface area contributed by atoms with Gasteiger partial charge in [-0.15, -0.1) is 0 Å². The fourth-order valence-corrected chi connectivity index (χ4v) is 9.41. The summed E-state index contributed by atoms with van der Waals surface area (Å²) in [7, 11) is 0. The molecule has 0 amide bonds. The van der Waals surface area contributed by atoms with E-state index in [-0.39, 0.29) is 0 Å². The van der Waals surface area contributed by atoms with Gasteiger partial charge in [0.2, 0.25) is 0 Å². The average molecular weight is 779 g/mol. The van der Waals surface area contributed by atoms with Crippen molar-refractivity contribution in [3.05, 3.63) is 231 Å². The van der Waals surface area contributed by atoms with Gasteiger partial charge in [-0.25, -0.2) is 0 Å². The van der Waals surface area contributed by atoms with Gasteiger partial charge in [0, 0.05) is 49.3 Å². The van der Waals surface area contributed by atoms with E-state index in [0.29, 0.717) is 0 Å². The predicted octanol–water partition coefficient (Wildman–Crippen LogP) is 16.3. The Bertz CT molecular complexity index is 3540. The highest BCUT2D eigenvalue weighted by molar-refractivity contribution is 6.12. The predicted molar refractivity (Wildman–Crippen MR) is 257 cm³/mol. The van der Waals surface area contributed by atoms with Crippen molar-refractivity contribution in [3.8, 4) is 39.1 Å². The molecule has 2 aromatic heterocycles. The summed E-state index contributed by atoms with van der Waals surface area (Å²) in [6.45, 7) is 0. The van der Waals surface area contributed by atoms with Crippen molar-refractivity contribution in [2.45, 2.75) is 0 Å². The quantitative estimate of drug-likeness (QED) is 0.161. The number of furan rings is 1. The van der Waals surface area contributed by atoms with Gasteiger partial charge in [0.05, 0.1) is 28.1 Å². The van der Waals surface area contributed by atoms with Gasteiger partial charge < -0.3 is 13.9 Å². The molecule has 0 fully saturated rings. The van der Waals surface area contributed by atoms with Crippen LogP contribution in [0, 0.1) is 0 Å². The molecule has 286 valence electrons. The molecule has 0 atom stereocenters. The zero-order chi connectivity index (χ0) is 40.3. The van der Waals surface area contributed by atoms with E-state index in [1.54, 1.807) is 0 Å². The van der Waals surface area contributed by atoms with Crippen molar-refractivity contribution >= 4 is 71.6 Å². The highest BCUT2D eigenvalue weighted by Crippen LogP contribution is 2.47. The Morgan fingerprint density at radius 2 is 0.918 bits per heavy atom. The van der Waals surface area contributed by atoms with Gasteiger partial charge in [0.1, 0.15) is 11.2 Å². The third-order valence-corrected chi connectivity index (χ3v) is 12.2. The van der Waals surface area contributed by atoms with E-state index in [4.69, 9.17) is 4.42 Å². The van der Waals surface area contributed by atoms with Crippen molar-refractivity contribution in [3.63, 3.8) is 0 Å². The summed E-state index contributed by atoms with van der Waals surface area (Å²) in [5.74, 6) is 0. The maximum Gasteiger partial charge on any atom is 0.143 e. The van der Waals surface area contributed by atoms with Gasteiger partial charge >= 0.3 is 0 Å². The molecule has 3 heteroatoms. The number of aromatic nitrogens is 1. The largest absolute Gasteiger partial charge is 0.455 e. The Hall–Kier alpha value is -8.14. The first kappa shape index (κ1) is 34.9. The lowest BCUT2D eigenvalue weighted by atomic mass is 9.96. The molecular formula is C58H38N2O. The van der Waals surface area contributed by atoms with Gasteiger partial charge in [-0.3, -0.25) is 0 Å². The van der Waals surface area contributed by atoms with Crippen molar-refractivity contribution in [2.75, 3.05) is 4.90 Å². The van der Waals surface area contributed by atoms with Crippen LogP contribution in [0.4, 0.5) is 17.1 Å². The first-order chi connectivity index (χ1) is 30.3. The van der Waals surface area contributed by atoms with Gasteiger partial charge in [-0.05, 0) is 70.6 Å². The highest BCUT2D eigenvalue weighted by Gasteiger charge is 2.23. The standard InChI is InChI=1S/C58H38N2O/c1-2-16-39(17-3-1)42-34-37-45(56(38-42)60-54-28-11-6-21-46(54)47-22-7-12-29-55(47)60)41-32-35-43(36-33-41)59(52-30-14-19-40-18-4-5-20-44(40)52)53-27-10-8-23-48(53)50-25-15-26-51-49-24-9-13-31-57(49)61-58(50)51/h1-38H. The molecule has 0 saturated heterocycles. The smallest absolute Gasteiger partial charge is 0.143 e. The molecule has 0 radical (unpaired) electrons. The summed E-state index contributed by atoms with van der Waals surface area (Å²) in [5, 5.41) is 7.08. The SMILES string of the molecule is c1ccc(-c2ccc(-c3ccc(N(c4ccccc4-c4cccc5c4oc4ccccc45)c4cccc5ccccc45)cc3)c(-n3c4ccccc4c4ccccc43)c2)cc1. The summed E-state index contributed by atoms with van der Waals surface area (Å²) in [5.41, 5.74) is 15.3. The lowest BCUT2D eigenvalue weighted by Crippen LogP contribution is -2.11. The van der Waals surface area contributed by atoms with Crippen LogP contribution < -0.4 is 4.90 Å². The van der Waals surface area contributed by atoms with Crippen LogP contribution >= 0.6 is 0 Å². The van der Waals surface area contributed by atoms with Crippen LogP contribution in [0.2, 0.25) is 0 Å². The first-order valence-electron chi connectivity index (χ1n) is 20.8. The van der Waals surface area contributed by atoms with E-state index in [2.05, 4.69) is 234 Å². The molecule has 0 aliphatic carbocycles. The van der Waals surface area contributed by atoms with Crippen LogP contribution in [0.1, 0.15) is 0 Å². The second-order valence-electron chi connectivity index (χ2n) is 15.6. The summed E-state index contributed by atoms with van der Waals surface area (Å²) < 4.78 is 9.07. The minimum Gasteiger partial charge on any atom is -0.455 e. The van der Waals surface area contributed by atoms with Crippen LogP contribution in [0.5, 0.6) is 0 Å². The molecule has 2 heterocycles. The van der Waals surface area contributed by atoms with Gasteiger partial charge in [0.15, 0.2) is 0 Å². The molecule has 0 spiro atoms. The Labute approximate surface area is 353 Å². The van der Waals surface area contributed by atoms with Crippen LogP contribution in [0.15, 0.2) is 235 Å².